The van der Waals surface area contributed by atoms with Crippen molar-refractivity contribution in [1.82, 2.24) is 10.2 Å². The molecule has 2 bridgehead atoms. The fourth-order valence-corrected chi connectivity index (χ4v) is 3.71. The van der Waals surface area contributed by atoms with Gasteiger partial charge >= 0.3 is 0 Å². The number of piperidine rings is 1. The zero-order valence-electron chi connectivity index (χ0n) is 12.3. The molecule has 2 aliphatic rings. The third kappa shape index (κ3) is 3.46. The smallest absolute Gasteiger partial charge is 0.0474 e. The summed E-state index contributed by atoms with van der Waals surface area (Å²) in [6.45, 7) is 9.27. The van der Waals surface area contributed by atoms with Crippen molar-refractivity contribution >= 4 is 0 Å². The molecule has 1 aliphatic carbocycles. The fraction of sp³-hybridized carbons (Fsp3) is 1.00. The second kappa shape index (κ2) is 6.88. The third-order valence-corrected chi connectivity index (χ3v) is 4.74. The molecule has 2 atom stereocenters. The van der Waals surface area contributed by atoms with E-state index in [4.69, 9.17) is 4.74 Å². The predicted octanol–water partition coefficient (Wildman–Crippen LogP) is 2.12. The SMILES string of the molecule is COCCCNC1C2CCCC1CN(C(C)C)C2. The molecule has 0 aromatic rings. The fourth-order valence-electron chi connectivity index (χ4n) is 3.71. The first kappa shape index (κ1) is 14.3. The highest BCUT2D eigenvalue weighted by Crippen LogP contribution is 2.35. The molecular weight excluding hydrogens is 224 g/mol. The number of likely N-dealkylation sites (tertiary alicyclic amines) is 1. The second-order valence-electron chi connectivity index (χ2n) is 6.32. The summed E-state index contributed by atoms with van der Waals surface area (Å²) in [6.07, 6.45) is 5.42. The minimum atomic E-state index is 0.711. The summed E-state index contributed by atoms with van der Waals surface area (Å²) in [4.78, 5) is 2.68. The van der Waals surface area contributed by atoms with Crippen molar-refractivity contribution in [3.05, 3.63) is 0 Å². The quantitative estimate of drug-likeness (QED) is 0.735. The Balaban J connectivity index is 1.84. The number of hydrogen-bond donors (Lipinski definition) is 1. The highest BCUT2D eigenvalue weighted by atomic mass is 16.5. The van der Waals surface area contributed by atoms with E-state index in [2.05, 4.69) is 24.1 Å². The van der Waals surface area contributed by atoms with Gasteiger partial charge in [-0.2, -0.15) is 0 Å². The Morgan fingerprint density at radius 3 is 2.44 bits per heavy atom. The highest BCUT2D eigenvalue weighted by molar-refractivity contribution is 4.95. The van der Waals surface area contributed by atoms with Crippen LogP contribution in [0.15, 0.2) is 0 Å². The van der Waals surface area contributed by atoms with Crippen LogP contribution in [0.5, 0.6) is 0 Å². The Labute approximate surface area is 112 Å². The van der Waals surface area contributed by atoms with E-state index in [0.29, 0.717) is 6.04 Å². The van der Waals surface area contributed by atoms with E-state index >= 15 is 0 Å². The summed E-state index contributed by atoms with van der Waals surface area (Å²) in [6, 6.07) is 1.48. The minimum absolute atomic E-state index is 0.711. The van der Waals surface area contributed by atoms with Crippen molar-refractivity contribution in [2.75, 3.05) is 33.4 Å². The Morgan fingerprint density at radius 2 is 1.89 bits per heavy atom. The normalized spacial score (nSPS) is 33.0. The highest BCUT2D eigenvalue weighted by Gasteiger charge is 2.39. The number of fused-ring (bicyclic) bond motifs is 2. The Bertz CT molecular complexity index is 231. The van der Waals surface area contributed by atoms with Crippen LogP contribution >= 0.6 is 0 Å². The van der Waals surface area contributed by atoms with Crippen LogP contribution in [0.2, 0.25) is 0 Å². The molecular formula is C15H30N2O. The van der Waals surface area contributed by atoms with Gasteiger partial charge < -0.3 is 15.0 Å². The molecule has 1 saturated carbocycles. The van der Waals surface area contributed by atoms with Gasteiger partial charge in [-0.1, -0.05) is 6.42 Å². The summed E-state index contributed by atoms with van der Waals surface area (Å²) in [7, 11) is 1.79. The molecule has 18 heavy (non-hydrogen) atoms. The zero-order chi connectivity index (χ0) is 13.0. The molecule has 1 saturated heterocycles. The van der Waals surface area contributed by atoms with Crippen LogP contribution in [0.25, 0.3) is 0 Å². The van der Waals surface area contributed by atoms with Gasteiger partial charge in [0.15, 0.2) is 0 Å². The van der Waals surface area contributed by atoms with Crippen molar-refractivity contribution < 1.29 is 4.74 Å². The number of ether oxygens (including phenoxy) is 1. The lowest BCUT2D eigenvalue weighted by atomic mass is 9.73. The molecule has 1 N–H and O–H groups in total. The molecule has 0 amide bonds. The Kier molecular flexibility index (Phi) is 5.46. The zero-order valence-corrected chi connectivity index (χ0v) is 12.3. The maximum Gasteiger partial charge on any atom is 0.0474 e. The number of rotatable bonds is 6. The van der Waals surface area contributed by atoms with Gasteiger partial charge in [0.1, 0.15) is 0 Å². The van der Waals surface area contributed by atoms with Crippen LogP contribution in [0.4, 0.5) is 0 Å². The van der Waals surface area contributed by atoms with Crippen molar-refractivity contribution in [3.63, 3.8) is 0 Å². The molecule has 1 aliphatic heterocycles. The summed E-state index contributed by atoms with van der Waals surface area (Å²) < 4.78 is 5.13. The molecule has 2 rings (SSSR count). The molecule has 0 radical (unpaired) electrons. The Hall–Kier alpha value is -0.120. The molecule has 3 nitrogen and oxygen atoms in total. The average Bonchev–Trinajstić information content (AvgIpc) is 2.33. The Morgan fingerprint density at radius 1 is 1.22 bits per heavy atom. The van der Waals surface area contributed by atoms with Gasteiger partial charge in [0, 0.05) is 38.9 Å². The van der Waals surface area contributed by atoms with Crippen molar-refractivity contribution in [2.45, 2.75) is 51.6 Å². The monoisotopic (exact) mass is 254 g/mol. The molecule has 2 unspecified atom stereocenters. The van der Waals surface area contributed by atoms with Gasteiger partial charge in [-0.25, -0.2) is 0 Å². The van der Waals surface area contributed by atoms with Gasteiger partial charge in [-0.3, -0.25) is 0 Å². The topological polar surface area (TPSA) is 24.5 Å². The first-order valence-electron chi connectivity index (χ1n) is 7.68. The van der Waals surface area contributed by atoms with E-state index in [1.165, 1.54) is 32.4 Å². The minimum Gasteiger partial charge on any atom is -0.385 e. The van der Waals surface area contributed by atoms with Crippen LogP contribution in [0.3, 0.4) is 0 Å². The van der Waals surface area contributed by atoms with Gasteiger partial charge in [-0.05, 0) is 51.5 Å². The maximum absolute atomic E-state index is 5.13. The second-order valence-corrected chi connectivity index (χ2v) is 6.32. The third-order valence-electron chi connectivity index (χ3n) is 4.74. The lowest BCUT2D eigenvalue weighted by Crippen LogP contribution is -2.58. The van der Waals surface area contributed by atoms with Gasteiger partial charge in [-0.15, -0.1) is 0 Å². The lowest BCUT2D eigenvalue weighted by molar-refractivity contribution is 0.0290. The first-order valence-corrected chi connectivity index (χ1v) is 7.68. The van der Waals surface area contributed by atoms with E-state index in [9.17, 15) is 0 Å². The van der Waals surface area contributed by atoms with Gasteiger partial charge in [0.2, 0.25) is 0 Å². The summed E-state index contributed by atoms with van der Waals surface area (Å²) in [5.74, 6) is 1.75. The first-order chi connectivity index (χ1) is 8.72. The van der Waals surface area contributed by atoms with E-state index in [1.807, 2.05) is 0 Å². The van der Waals surface area contributed by atoms with E-state index in [1.54, 1.807) is 7.11 Å². The average molecular weight is 254 g/mol. The van der Waals surface area contributed by atoms with Crippen LogP contribution in [-0.2, 0) is 4.74 Å². The van der Waals surface area contributed by atoms with Crippen LogP contribution < -0.4 is 5.32 Å². The number of methoxy groups -OCH3 is 1. The summed E-state index contributed by atoms with van der Waals surface area (Å²) in [5.41, 5.74) is 0. The van der Waals surface area contributed by atoms with E-state index < -0.39 is 0 Å². The van der Waals surface area contributed by atoms with Crippen LogP contribution in [-0.4, -0.2) is 50.3 Å². The van der Waals surface area contributed by atoms with Crippen molar-refractivity contribution in [2.24, 2.45) is 11.8 Å². The summed E-state index contributed by atoms with van der Waals surface area (Å²) >= 11 is 0. The number of nitrogens with one attached hydrogen (secondary N) is 1. The van der Waals surface area contributed by atoms with Crippen molar-refractivity contribution in [1.29, 1.82) is 0 Å². The van der Waals surface area contributed by atoms with E-state index in [-0.39, 0.29) is 0 Å². The molecule has 106 valence electrons. The largest absolute Gasteiger partial charge is 0.385 e. The molecule has 0 aromatic carbocycles. The van der Waals surface area contributed by atoms with E-state index in [0.717, 1.165) is 37.5 Å². The maximum atomic E-state index is 5.13. The van der Waals surface area contributed by atoms with Gasteiger partial charge in [0.25, 0.3) is 0 Å². The molecule has 2 fully saturated rings. The predicted molar refractivity (Wildman–Crippen MR) is 75.8 cm³/mol. The van der Waals surface area contributed by atoms with Crippen LogP contribution in [0.1, 0.15) is 39.5 Å². The molecule has 0 aromatic heterocycles. The van der Waals surface area contributed by atoms with Crippen molar-refractivity contribution in [3.8, 4) is 0 Å². The molecule has 3 heteroatoms. The molecule has 0 spiro atoms. The standard InChI is InChI=1S/C15H30N2O/c1-12(2)17-10-13-6-4-7-14(11-17)15(13)16-8-5-9-18-3/h12-16H,4-11H2,1-3H3. The summed E-state index contributed by atoms with van der Waals surface area (Å²) in [5, 5.41) is 3.81. The molecule has 1 heterocycles. The number of nitrogens with zero attached hydrogens (tertiary/aromatic N) is 1. The number of hydrogen-bond acceptors (Lipinski definition) is 3. The lowest BCUT2D eigenvalue weighted by Gasteiger charge is -2.49. The van der Waals surface area contributed by atoms with Gasteiger partial charge in [0.05, 0.1) is 0 Å². The van der Waals surface area contributed by atoms with Crippen LogP contribution in [0, 0.1) is 11.8 Å².